The van der Waals surface area contributed by atoms with Crippen LogP contribution in [0.25, 0.3) is 10.8 Å². The standard InChI is InChI=1S/C13H15N3O/c1-9(17)14-12-8-10-6-4-5-7-11(10)13(15-12)16(2)3/h4-8H,1-3H3,(H,14,15,17). The van der Waals surface area contributed by atoms with E-state index in [0.29, 0.717) is 5.82 Å². The molecule has 0 aliphatic carbocycles. The molecular weight excluding hydrogens is 214 g/mol. The van der Waals surface area contributed by atoms with E-state index in [1.165, 1.54) is 6.92 Å². The maximum absolute atomic E-state index is 11.1. The van der Waals surface area contributed by atoms with E-state index in [-0.39, 0.29) is 5.91 Å². The number of benzene rings is 1. The number of nitrogens with zero attached hydrogens (tertiary/aromatic N) is 2. The topological polar surface area (TPSA) is 45.2 Å². The van der Waals surface area contributed by atoms with Crippen molar-refractivity contribution in [3.8, 4) is 0 Å². The molecule has 2 rings (SSSR count). The molecule has 0 aliphatic rings. The molecule has 0 radical (unpaired) electrons. The van der Waals surface area contributed by atoms with Crippen LogP contribution in [0.2, 0.25) is 0 Å². The Labute approximate surface area is 100 Å². The minimum Gasteiger partial charge on any atom is -0.362 e. The van der Waals surface area contributed by atoms with Gasteiger partial charge in [-0.15, -0.1) is 0 Å². The van der Waals surface area contributed by atoms with Gasteiger partial charge in [0.15, 0.2) is 0 Å². The Morgan fingerprint density at radius 2 is 2.00 bits per heavy atom. The van der Waals surface area contributed by atoms with Crippen molar-refractivity contribution in [2.45, 2.75) is 6.92 Å². The van der Waals surface area contributed by atoms with Crippen molar-refractivity contribution in [3.05, 3.63) is 30.3 Å². The Morgan fingerprint density at radius 1 is 1.29 bits per heavy atom. The van der Waals surface area contributed by atoms with Crippen molar-refractivity contribution < 1.29 is 4.79 Å². The molecule has 0 unspecified atom stereocenters. The van der Waals surface area contributed by atoms with Crippen molar-refractivity contribution in [2.24, 2.45) is 0 Å². The van der Waals surface area contributed by atoms with Gasteiger partial charge in [-0.2, -0.15) is 0 Å². The average molecular weight is 229 g/mol. The molecular formula is C13H15N3O. The normalized spacial score (nSPS) is 10.3. The summed E-state index contributed by atoms with van der Waals surface area (Å²) in [5.74, 6) is 1.32. The van der Waals surface area contributed by atoms with E-state index in [2.05, 4.69) is 10.3 Å². The average Bonchev–Trinajstić information content (AvgIpc) is 2.27. The molecule has 0 spiro atoms. The zero-order valence-corrected chi connectivity index (χ0v) is 10.2. The summed E-state index contributed by atoms with van der Waals surface area (Å²) in [5, 5.41) is 4.86. The van der Waals surface area contributed by atoms with Crippen molar-refractivity contribution in [2.75, 3.05) is 24.3 Å². The molecule has 0 bridgehead atoms. The third kappa shape index (κ3) is 2.36. The summed E-state index contributed by atoms with van der Waals surface area (Å²) in [6.07, 6.45) is 0. The molecule has 2 aromatic rings. The summed E-state index contributed by atoms with van der Waals surface area (Å²) in [6.45, 7) is 1.48. The number of aromatic nitrogens is 1. The summed E-state index contributed by atoms with van der Waals surface area (Å²) in [5.41, 5.74) is 0. The lowest BCUT2D eigenvalue weighted by Gasteiger charge is -2.15. The number of nitrogens with one attached hydrogen (secondary N) is 1. The van der Waals surface area contributed by atoms with E-state index in [0.717, 1.165) is 16.6 Å². The highest BCUT2D eigenvalue weighted by atomic mass is 16.1. The monoisotopic (exact) mass is 229 g/mol. The first-order chi connectivity index (χ1) is 8.08. The first-order valence-corrected chi connectivity index (χ1v) is 5.42. The predicted octanol–water partition coefficient (Wildman–Crippen LogP) is 2.26. The maximum atomic E-state index is 11.1. The lowest BCUT2D eigenvalue weighted by atomic mass is 10.1. The second-order valence-electron chi connectivity index (χ2n) is 4.13. The van der Waals surface area contributed by atoms with Crippen LogP contribution in [0.3, 0.4) is 0 Å². The first-order valence-electron chi connectivity index (χ1n) is 5.42. The Hall–Kier alpha value is -2.10. The van der Waals surface area contributed by atoms with Gasteiger partial charge in [-0.1, -0.05) is 24.3 Å². The van der Waals surface area contributed by atoms with Gasteiger partial charge >= 0.3 is 0 Å². The minimum atomic E-state index is -0.113. The largest absolute Gasteiger partial charge is 0.362 e. The van der Waals surface area contributed by atoms with Gasteiger partial charge in [0.05, 0.1) is 0 Å². The highest BCUT2D eigenvalue weighted by molar-refractivity contribution is 5.96. The van der Waals surface area contributed by atoms with E-state index < -0.39 is 0 Å². The summed E-state index contributed by atoms with van der Waals surface area (Å²) in [6, 6.07) is 9.86. The summed E-state index contributed by atoms with van der Waals surface area (Å²) in [7, 11) is 3.87. The van der Waals surface area contributed by atoms with Gasteiger partial charge in [-0.05, 0) is 11.5 Å². The van der Waals surface area contributed by atoms with Gasteiger partial charge in [0, 0.05) is 26.4 Å². The highest BCUT2D eigenvalue weighted by Gasteiger charge is 2.07. The maximum Gasteiger partial charge on any atom is 0.222 e. The van der Waals surface area contributed by atoms with Gasteiger partial charge in [0.1, 0.15) is 11.6 Å². The van der Waals surface area contributed by atoms with Crippen molar-refractivity contribution in [1.82, 2.24) is 4.98 Å². The Balaban J connectivity index is 2.62. The molecule has 1 amide bonds. The Bertz CT molecular complexity index is 564. The molecule has 17 heavy (non-hydrogen) atoms. The number of rotatable bonds is 2. The Morgan fingerprint density at radius 3 is 2.65 bits per heavy atom. The molecule has 0 fully saturated rings. The highest BCUT2D eigenvalue weighted by Crippen LogP contribution is 2.26. The van der Waals surface area contributed by atoms with Crippen molar-refractivity contribution in [1.29, 1.82) is 0 Å². The predicted molar refractivity (Wildman–Crippen MR) is 70.4 cm³/mol. The number of hydrogen-bond donors (Lipinski definition) is 1. The van der Waals surface area contributed by atoms with Crippen LogP contribution in [0.5, 0.6) is 0 Å². The molecule has 0 saturated carbocycles. The van der Waals surface area contributed by atoms with Crippen LogP contribution in [0, 0.1) is 0 Å². The van der Waals surface area contributed by atoms with Crippen LogP contribution in [-0.2, 0) is 4.79 Å². The number of carbonyl (C=O) groups excluding carboxylic acids is 1. The summed E-state index contributed by atoms with van der Waals surface area (Å²) >= 11 is 0. The van der Waals surface area contributed by atoms with E-state index >= 15 is 0 Å². The number of amides is 1. The molecule has 88 valence electrons. The summed E-state index contributed by atoms with van der Waals surface area (Å²) in [4.78, 5) is 17.4. The quantitative estimate of drug-likeness (QED) is 0.859. The van der Waals surface area contributed by atoms with Gasteiger partial charge < -0.3 is 10.2 Å². The Kier molecular flexibility index (Phi) is 2.95. The van der Waals surface area contributed by atoms with Gasteiger partial charge in [0.25, 0.3) is 0 Å². The number of hydrogen-bond acceptors (Lipinski definition) is 3. The third-order valence-electron chi connectivity index (χ3n) is 2.45. The molecule has 0 atom stereocenters. The second-order valence-corrected chi connectivity index (χ2v) is 4.13. The number of pyridine rings is 1. The molecule has 1 N–H and O–H groups in total. The number of carbonyl (C=O) groups is 1. The fourth-order valence-corrected chi connectivity index (χ4v) is 1.77. The van der Waals surface area contributed by atoms with E-state index in [4.69, 9.17) is 0 Å². The third-order valence-corrected chi connectivity index (χ3v) is 2.45. The lowest BCUT2D eigenvalue weighted by molar-refractivity contribution is -0.114. The smallest absolute Gasteiger partial charge is 0.222 e. The van der Waals surface area contributed by atoms with Crippen LogP contribution < -0.4 is 10.2 Å². The van der Waals surface area contributed by atoms with Crippen LogP contribution in [0.1, 0.15) is 6.92 Å². The van der Waals surface area contributed by atoms with Crippen LogP contribution in [0.4, 0.5) is 11.6 Å². The van der Waals surface area contributed by atoms with Crippen LogP contribution >= 0.6 is 0 Å². The van der Waals surface area contributed by atoms with Crippen molar-refractivity contribution in [3.63, 3.8) is 0 Å². The molecule has 1 heterocycles. The van der Waals surface area contributed by atoms with Gasteiger partial charge in [-0.3, -0.25) is 4.79 Å². The van der Waals surface area contributed by atoms with E-state index in [9.17, 15) is 4.79 Å². The summed E-state index contributed by atoms with van der Waals surface area (Å²) < 4.78 is 0. The SMILES string of the molecule is CC(=O)Nc1cc2ccccc2c(N(C)C)n1. The molecule has 4 nitrogen and oxygen atoms in total. The first kappa shape index (κ1) is 11.4. The van der Waals surface area contributed by atoms with Gasteiger partial charge in [0.2, 0.25) is 5.91 Å². The molecule has 4 heteroatoms. The molecule has 0 saturated heterocycles. The van der Waals surface area contributed by atoms with E-state index in [1.807, 2.05) is 49.3 Å². The minimum absolute atomic E-state index is 0.113. The van der Waals surface area contributed by atoms with Crippen LogP contribution in [0.15, 0.2) is 30.3 Å². The van der Waals surface area contributed by atoms with Crippen LogP contribution in [-0.4, -0.2) is 25.0 Å². The van der Waals surface area contributed by atoms with Crippen molar-refractivity contribution >= 4 is 28.3 Å². The zero-order chi connectivity index (χ0) is 12.4. The molecule has 1 aromatic carbocycles. The zero-order valence-electron chi connectivity index (χ0n) is 10.2. The fourth-order valence-electron chi connectivity index (χ4n) is 1.77. The van der Waals surface area contributed by atoms with E-state index in [1.54, 1.807) is 0 Å². The second kappa shape index (κ2) is 4.41. The number of fused-ring (bicyclic) bond motifs is 1. The number of anilines is 2. The van der Waals surface area contributed by atoms with Gasteiger partial charge in [-0.25, -0.2) is 4.98 Å². The fraction of sp³-hybridized carbons (Fsp3) is 0.231. The molecule has 1 aromatic heterocycles. The lowest BCUT2D eigenvalue weighted by Crippen LogP contribution is -2.14. The molecule has 0 aliphatic heterocycles.